The van der Waals surface area contributed by atoms with Crippen LogP contribution < -0.4 is 5.32 Å². The van der Waals surface area contributed by atoms with E-state index in [4.69, 9.17) is 0 Å². The highest BCUT2D eigenvalue weighted by molar-refractivity contribution is 5.99. The molecule has 0 aliphatic carbocycles. The summed E-state index contributed by atoms with van der Waals surface area (Å²) in [5.74, 6) is 0.0453. The average molecular weight is 458 g/mol. The number of piperidine rings is 1. The second-order valence-corrected chi connectivity index (χ2v) is 9.33. The largest absolute Gasteiger partial charge is 0.354 e. The lowest BCUT2D eigenvalue weighted by Gasteiger charge is -2.47. The van der Waals surface area contributed by atoms with Crippen LogP contribution in [0.2, 0.25) is 0 Å². The van der Waals surface area contributed by atoms with E-state index in [0.717, 1.165) is 43.6 Å². The van der Waals surface area contributed by atoms with Crippen molar-refractivity contribution in [1.29, 1.82) is 0 Å². The molecule has 0 bridgehead atoms. The van der Waals surface area contributed by atoms with Gasteiger partial charge in [-0.05, 0) is 36.1 Å². The Balaban J connectivity index is 1.28. The Morgan fingerprint density at radius 3 is 2.50 bits per heavy atom. The number of amides is 2. The first-order valence-electron chi connectivity index (χ1n) is 12.0. The molecule has 7 nitrogen and oxygen atoms in total. The predicted octanol–water partition coefficient (Wildman–Crippen LogP) is 3.08. The maximum absolute atomic E-state index is 13.4. The molecule has 1 fully saturated rings. The van der Waals surface area contributed by atoms with Crippen LogP contribution in [0.3, 0.4) is 0 Å². The van der Waals surface area contributed by atoms with Gasteiger partial charge in [0.15, 0.2) is 0 Å². The molecule has 0 radical (unpaired) electrons. The molecule has 176 valence electrons. The van der Waals surface area contributed by atoms with E-state index in [9.17, 15) is 9.59 Å². The normalized spacial score (nSPS) is 17.5. The van der Waals surface area contributed by atoms with Crippen LogP contribution in [0.25, 0.3) is 0 Å². The quantitative estimate of drug-likeness (QED) is 0.564. The van der Waals surface area contributed by atoms with E-state index in [1.54, 1.807) is 10.9 Å². The first kappa shape index (κ1) is 22.3. The SMILES string of the molecule is O=C(CC1(N2Cc3ccccc3C2=O)CCN(Cc2ccccc2)CC1)NCCn1cccn1. The van der Waals surface area contributed by atoms with Gasteiger partial charge in [0.25, 0.3) is 5.91 Å². The molecule has 0 saturated carbocycles. The molecule has 3 aromatic rings. The molecule has 0 spiro atoms. The fourth-order valence-electron chi connectivity index (χ4n) is 5.25. The number of carbonyl (C=O) groups excluding carboxylic acids is 2. The van der Waals surface area contributed by atoms with Gasteiger partial charge in [-0.3, -0.25) is 19.2 Å². The highest BCUT2D eigenvalue weighted by Gasteiger charge is 2.46. The second kappa shape index (κ2) is 9.81. The Morgan fingerprint density at radius 1 is 1.00 bits per heavy atom. The minimum Gasteiger partial charge on any atom is -0.354 e. The van der Waals surface area contributed by atoms with E-state index < -0.39 is 5.54 Å². The third kappa shape index (κ3) is 4.75. The molecule has 1 aromatic heterocycles. The average Bonchev–Trinajstić information content (AvgIpc) is 3.50. The minimum absolute atomic E-state index is 0.00702. The Morgan fingerprint density at radius 2 is 1.76 bits per heavy atom. The fraction of sp³-hybridized carbons (Fsp3) is 0.370. The van der Waals surface area contributed by atoms with Gasteiger partial charge < -0.3 is 10.2 Å². The van der Waals surface area contributed by atoms with Gasteiger partial charge in [-0.15, -0.1) is 0 Å². The van der Waals surface area contributed by atoms with Crippen molar-refractivity contribution < 1.29 is 9.59 Å². The first-order chi connectivity index (χ1) is 16.6. The summed E-state index contributed by atoms with van der Waals surface area (Å²) >= 11 is 0. The van der Waals surface area contributed by atoms with Gasteiger partial charge in [0.05, 0.1) is 18.5 Å². The fourth-order valence-corrected chi connectivity index (χ4v) is 5.25. The van der Waals surface area contributed by atoms with Crippen molar-refractivity contribution in [2.24, 2.45) is 0 Å². The van der Waals surface area contributed by atoms with Crippen LogP contribution in [0.5, 0.6) is 0 Å². The molecule has 34 heavy (non-hydrogen) atoms. The lowest BCUT2D eigenvalue weighted by atomic mass is 9.82. The summed E-state index contributed by atoms with van der Waals surface area (Å²) in [6, 6.07) is 20.2. The molecular weight excluding hydrogens is 426 g/mol. The van der Waals surface area contributed by atoms with Gasteiger partial charge in [-0.2, -0.15) is 5.10 Å². The summed E-state index contributed by atoms with van der Waals surface area (Å²) < 4.78 is 1.80. The molecule has 2 amide bonds. The zero-order valence-corrected chi connectivity index (χ0v) is 19.4. The van der Waals surface area contributed by atoms with E-state index in [1.807, 2.05) is 47.5 Å². The maximum Gasteiger partial charge on any atom is 0.254 e. The standard InChI is InChI=1S/C27H31N5O2/c33-25(28-14-18-31-15-6-13-29-31)19-27(32-21-23-9-4-5-10-24(23)26(32)34)11-16-30(17-12-27)20-22-7-2-1-3-8-22/h1-10,13,15H,11-12,14,16-21H2,(H,28,33). The number of likely N-dealkylation sites (tertiary alicyclic amines) is 1. The zero-order chi connectivity index (χ0) is 23.4. The van der Waals surface area contributed by atoms with E-state index in [0.29, 0.717) is 26.1 Å². The summed E-state index contributed by atoms with van der Waals surface area (Å²) in [7, 11) is 0. The first-order valence-corrected chi connectivity index (χ1v) is 12.0. The number of hydrogen-bond donors (Lipinski definition) is 1. The summed E-state index contributed by atoms with van der Waals surface area (Å²) in [4.78, 5) is 30.9. The number of carbonyl (C=O) groups is 2. The van der Waals surface area contributed by atoms with Gasteiger partial charge in [0.2, 0.25) is 5.91 Å². The Hall–Kier alpha value is -3.45. The monoisotopic (exact) mass is 457 g/mol. The Bertz CT molecular complexity index is 1120. The van der Waals surface area contributed by atoms with Gasteiger partial charge in [0.1, 0.15) is 0 Å². The van der Waals surface area contributed by atoms with Crippen LogP contribution >= 0.6 is 0 Å². The third-order valence-corrected chi connectivity index (χ3v) is 7.14. The van der Waals surface area contributed by atoms with Crippen molar-refractivity contribution in [2.75, 3.05) is 19.6 Å². The molecule has 3 heterocycles. The minimum atomic E-state index is -0.473. The molecule has 2 aliphatic heterocycles. The van der Waals surface area contributed by atoms with Crippen molar-refractivity contribution in [1.82, 2.24) is 24.9 Å². The van der Waals surface area contributed by atoms with Crippen LogP contribution in [0.1, 0.15) is 40.7 Å². The zero-order valence-electron chi connectivity index (χ0n) is 19.4. The van der Waals surface area contributed by atoms with E-state index >= 15 is 0 Å². The molecule has 0 atom stereocenters. The predicted molar refractivity (Wildman–Crippen MR) is 130 cm³/mol. The number of nitrogens with zero attached hydrogens (tertiary/aromatic N) is 4. The molecule has 2 aromatic carbocycles. The van der Waals surface area contributed by atoms with Crippen molar-refractivity contribution in [2.45, 2.75) is 44.4 Å². The van der Waals surface area contributed by atoms with E-state index in [2.05, 4.69) is 39.6 Å². The van der Waals surface area contributed by atoms with Crippen LogP contribution in [0.4, 0.5) is 0 Å². The number of fused-ring (bicyclic) bond motifs is 1. The lowest BCUT2D eigenvalue weighted by Crippen LogP contribution is -2.57. The van der Waals surface area contributed by atoms with E-state index in [1.165, 1.54) is 5.56 Å². The molecule has 7 heteroatoms. The van der Waals surface area contributed by atoms with Gasteiger partial charge in [-0.25, -0.2) is 0 Å². The van der Waals surface area contributed by atoms with Crippen molar-refractivity contribution in [3.63, 3.8) is 0 Å². The van der Waals surface area contributed by atoms with E-state index in [-0.39, 0.29) is 11.8 Å². The maximum atomic E-state index is 13.4. The Labute approximate surface area is 200 Å². The highest BCUT2D eigenvalue weighted by atomic mass is 16.2. The van der Waals surface area contributed by atoms with Gasteiger partial charge in [-0.1, -0.05) is 48.5 Å². The third-order valence-electron chi connectivity index (χ3n) is 7.14. The summed E-state index contributed by atoms with van der Waals surface area (Å²) in [5, 5.41) is 7.24. The van der Waals surface area contributed by atoms with Crippen molar-refractivity contribution in [3.05, 3.63) is 89.7 Å². The summed E-state index contributed by atoms with van der Waals surface area (Å²) in [6.07, 6.45) is 5.51. The van der Waals surface area contributed by atoms with Crippen LogP contribution in [0.15, 0.2) is 73.1 Å². The molecule has 5 rings (SSSR count). The lowest BCUT2D eigenvalue weighted by molar-refractivity contribution is -0.124. The van der Waals surface area contributed by atoms with Crippen LogP contribution in [-0.2, 0) is 24.4 Å². The number of nitrogens with one attached hydrogen (secondary N) is 1. The van der Waals surface area contributed by atoms with Gasteiger partial charge in [0, 0.05) is 50.7 Å². The summed E-state index contributed by atoms with van der Waals surface area (Å²) in [5.41, 5.74) is 2.64. The molecule has 1 N–H and O–H groups in total. The van der Waals surface area contributed by atoms with Crippen LogP contribution in [-0.4, -0.2) is 56.6 Å². The molecule has 2 aliphatic rings. The topological polar surface area (TPSA) is 70.5 Å². The summed E-state index contributed by atoms with van der Waals surface area (Å²) in [6.45, 7) is 4.33. The second-order valence-electron chi connectivity index (χ2n) is 9.33. The molecule has 1 saturated heterocycles. The smallest absolute Gasteiger partial charge is 0.254 e. The van der Waals surface area contributed by atoms with Crippen molar-refractivity contribution in [3.8, 4) is 0 Å². The van der Waals surface area contributed by atoms with Gasteiger partial charge >= 0.3 is 0 Å². The molecule has 0 unspecified atom stereocenters. The van der Waals surface area contributed by atoms with Crippen LogP contribution in [0, 0.1) is 0 Å². The van der Waals surface area contributed by atoms with Crippen molar-refractivity contribution >= 4 is 11.8 Å². The number of hydrogen-bond acceptors (Lipinski definition) is 4. The number of rotatable bonds is 8. The highest BCUT2D eigenvalue weighted by Crippen LogP contribution is 2.38. The Kier molecular flexibility index (Phi) is 6.45. The molecular formula is C27H31N5O2. The number of benzene rings is 2. The number of aromatic nitrogens is 2.